The van der Waals surface area contributed by atoms with Crippen LogP contribution in [0, 0.1) is 18.8 Å². The third-order valence-corrected chi connectivity index (χ3v) is 5.59. The monoisotopic (exact) mass is 422 g/mol. The molecule has 0 fully saturated rings. The van der Waals surface area contributed by atoms with Crippen molar-refractivity contribution in [2.45, 2.75) is 12.8 Å². The highest BCUT2D eigenvalue weighted by molar-refractivity contribution is 6.20. The van der Waals surface area contributed by atoms with Crippen molar-refractivity contribution in [3.63, 3.8) is 0 Å². The maximum Gasteiger partial charge on any atom is 0.310 e. The molecule has 156 valence electrons. The fraction of sp³-hybridized carbons (Fsp3) is 0.429. The van der Waals surface area contributed by atoms with Crippen LogP contribution in [-0.2, 0) is 9.53 Å². The van der Waals surface area contributed by atoms with Crippen molar-refractivity contribution in [1.29, 1.82) is 0 Å². The molecule has 0 bridgehead atoms. The van der Waals surface area contributed by atoms with Gasteiger partial charge in [0.2, 0.25) is 11.5 Å². The second-order valence-electron chi connectivity index (χ2n) is 6.75. The first kappa shape index (κ1) is 21.0. The largest absolute Gasteiger partial charge is 0.493 e. The highest BCUT2D eigenvalue weighted by atomic mass is 35.5. The number of hydrogen-bond donors (Lipinski definition) is 0. The van der Waals surface area contributed by atoms with E-state index in [0.29, 0.717) is 34.1 Å². The number of benzene rings is 1. The number of ether oxygens (including phenoxy) is 4. The quantitative estimate of drug-likeness (QED) is 0.519. The van der Waals surface area contributed by atoms with Crippen LogP contribution in [0.15, 0.2) is 22.6 Å². The summed E-state index contributed by atoms with van der Waals surface area (Å²) in [5, 5.41) is 0. The summed E-state index contributed by atoms with van der Waals surface area (Å²) < 4.78 is 27.0. The Labute approximate surface area is 173 Å². The van der Waals surface area contributed by atoms with E-state index in [2.05, 4.69) is 0 Å². The van der Waals surface area contributed by atoms with Gasteiger partial charge in [0.1, 0.15) is 5.76 Å². The third kappa shape index (κ3) is 3.44. The predicted octanol–water partition coefficient (Wildman–Crippen LogP) is 3.59. The van der Waals surface area contributed by atoms with Gasteiger partial charge in [-0.15, -0.1) is 11.6 Å². The molecular formula is C21H23ClO7. The van der Waals surface area contributed by atoms with Gasteiger partial charge in [-0.25, -0.2) is 0 Å². The lowest BCUT2D eigenvalue weighted by Crippen LogP contribution is -2.41. The maximum absolute atomic E-state index is 13.0. The molecule has 29 heavy (non-hydrogen) atoms. The van der Waals surface area contributed by atoms with E-state index in [1.807, 2.05) is 0 Å². The molecule has 0 saturated heterocycles. The Balaban J connectivity index is 2.30. The summed E-state index contributed by atoms with van der Waals surface area (Å²) in [7, 11) is 5.83. The van der Waals surface area contributed by atoms with Gasteiger partial charge in [-0.1, -0.05) is 0 Å². The van der Waals surface area contributed by atoms with E-state index < -0.39 is 23.7 Å². The topological polar surface area (TPSA) is 84.2 Å². The van der Waals surface area contributed by atoms with Crippen molar-refractivity contribution in [2.24, 2.45) is 11.8 Å². The van der Waals surface area contributed by atoms with E-state index in [1.54, 1.807) is 25.1 Å². The molecular weight excluding hydrogens is 400 g/mol. The summed E-state index contributed by atoms with van der Waals surface area (Å²) in [4.78, 5) is 25.7. The van der Waals surface area contributed by atoms with Crippen LogP contribution in [0.1, 0.15) is 33.4 Å². The summed E-state index contributed by atoms with van der Waals surface area (Å²) >= 11 is 6.12. The highest BCUT2D eigenvalue weighted by Gasteiger charge is 2.49. The second kappa shape index (κ2) is 8.37. The highest BCUT2D eigenvalue weighted by Crippen LogP contribution is 2.49. The lowest BCUT2D eigenvalue weighted by Gasteiger charge is -2.34. The van der Waals surface area contributed by atoms with Gasteiger partial charge in [0.05, 0.1) is 40.3 Å². The fourth-order valence-electron chi connectivity index (χ4n) is 3.99. The van der Waals surface area contributed by atoms with Gasteiger partial charge in [-0.3, -0.25) is 9.59 Å². The molecule has 0 aliphatic heterocycles. The van der Waals surface area contributed by atoms with Crippen molar-refractivity contribution in [1.82, 2.24) is 0 Å². The smallest absolute Gasteiger partial charge is 0.310 e. The van der Waals surface area contributed by atoms with E-state index in [0.717, 1.165) is 0 Å². The van der Waals surface area contributed by atoms with Crippen molar-refractivity contribution in [3.8, 4) is 17.2 Å². The molecule has 0 amide bonds. The number of Topliss-reactive ketones (excluding diaryl/α,β-unsaturated/α-hetero) is 1. The molecule has 8 heteroatoms. The molecule has 0 unspecified atom stereocenters. The summed E-state index contributed by atoms with van der Waals surface area (Å²) in [6.45, 7) is 1.75. The van der Waals surface area contributed by atoms with Crippen LogP contribution in [0.25, 0.3) is 0 Å². The minimum absolute atomic E-state index is 0.0429. The predicted molar refractivity (Wildman–Crippen MR) is 105 cm³/mol. The van der Waals surface area contributed by atoms with Crippen LogP contribution in [0.3, 0.4) is 0 Å². The average Bonchev–Trinajstić information content (AvgIpc) is 3.13. The van der Waals surface area contributed by atoms with E-state index in [4.69, 9.17) is 35.0 Å². The second-order valence-corrected chi connectivity index (χ2v) is 7.06. The van der Waals surface area contributed by atoms with Gasteiger partial charge < -0.3 is 23.4 Å². The van der Waals surface area contributed by atoms with Gasteiger partial charge in [0.15, 0.2) is 17.3 Å². The Morgan fingerprint density at radius 2 is 1.69 bits per heavy atom. The average molecular weight is 423 g/mol. The first-order valence-electron chi connectivity index (χ1n) is 8.99. The number of ketones is 1. The molecule has 3 rings (SSSR count). The van der Waals surface area contributed by atoms with E-state index in [9.17, 15) is 9.59 Å². The minimum atomic E-state index is -0.822. The number of methoxy groups -OCH3 is 4. The molecule has 1 heterocycles. The van der Waals surface area contributed by atoms with Gasteiger partial charge in [0.25, 0.3) is 0 Å². The van der Waals surface area contributed by atoms with Crippen LogP contribution < -0.4 is 14.2 Å². The maximum atomic E-state index is 13.0. The molecule has 0 N–H and O–H groups in total. The summed E-state index contributed by atoms with van der Waals surface area (Å²) in [6.07, 6.45) is 0. The van der Waals surface area contributed by atoms with Crippen LogP contribution in [0.2, 0.25) is 0 Å². The number of halogens is 1. The Morgan fingerprint density at radius 3 is 2.17 bits per heavy atom. The zero-order valence-corrected chi connectivity index (χ0v) is 17.7. The number of esters is 1. The Kier molecular flexibility index (Phi) is 6.07. The number of fused-ring (bicyclic) bond motifs is 1. The molecule has 0 radical (unpaired) electrons. The Morgan fingerprint density at radius 1 is 1.07 bits per heavy atom. The molecule has 1 aromatic heterocycles. The van der Waals surface area contributed by atoms with Crippen LogP contribution in [0.4, 0.5) is 0 Å². The van der Waals surface area contributed by atoms with Crippen molar-refractivity contribution >= 4 is 23.4 Å². The number of alkyl halides is 1. The molecule has 1 aliphatic carbocycles. The van der Waals surface area contributed by atoms with Gasteiger partial charge >= 0.3 is 5.97 Å². The fourth-order valence-corrected chi connectivity index (χ4v) is 4.32. The van der Waals surface area contributed by atoms with Crippen LogP contribution >= 0.6 is 11.6 Å². The Hall–Kier alpha value is -2.67. The Bertz CT molecular complexity index is 908. The lowest BCUT2D eigenvalue weighted by atomic mass is 9.68. The van der Waals surface area contributed by atoms with Crippen LogP contribution in [0.5, 0.6) is 17.2 Å². The summed E-state index contributed by atoms with van der Waals surface area (Å²) in [5.74, 6) is -0.927. The first-order valence-corrected chi connectivity index (χ1v) is 9.53. The molecule has 2 aromatic rings. The minimum Gasteiger partial charge on any atom is -0.493 e. The zero-order valence-electron chi connectivity index (χ0n) is 16.9. The SMILES string of the molecule is COC(=O)[C@H]1[C@H](c2cc(OC)c(OC)c(OC)c2)c2cc(C)oc2C(=O)[C@@H]1CCl. The number of carbonyl (C=O) groups excluding carboxylic acids is 2. The molecule has 1 aromatic carbocycles. The molecule has 3 atom stereocenters. The molecule has 7 nitrogen and oxygen atoms in total. The zero-order chi connectivity index (χ0) is 21.3. The number of hydrogen-bond acceptors (Lipinski definition) is 7. The summed E-state index contributed by atoms with van der Waals surface area (Å²) in [6, 6.07) is 5.28. The standard InChI is InChI=1S/C21H23ClO7/c1-10-6-12-16(11-7-14(25-2)20(27-4)15(8-11)26-3)17(21(24)28-5)13(9-22)18(23)19(12)29-10/h6-8,13,16-17H,9H2,1-5H3/t13-,16-,17-/m1/s1. The van der Waals surface area contributed by atoms with E-state index in [-0.39, 0.29) is 17.4 Å². The third-order valence-electron chi connectivity index (χ3n) is 5.26. The first-order chi connectivity index (χ1) is 13.9. The lowest BCUT2D eigenvalue weighted by molar-refractivity contribution is -0.147. The molecule has 1 aliphatic rings. The van der Waals surface area contributed by atoms with Crippen LogP contribution in [-0.4, -0.2) is 46.1 Å². The summed E-state index contributed by atoms with van der Waals surface area (Å²) in [5.41, 5.74) is 1.30. The normalized spacial score (nSPS) is 20.8. The van der Waals surface area contributed by atoms with Gasteiger partial charge in [-0.2, -0.15) is 0 Å². The van der Waals surface area contributed by atoms with E-state index in [1.165, 1.54) is 28.4 Å². The number of carbonyl (C=O) groups is 2. The van der Waals surface area contributed by atoms with Crippen molar-refractivity contribution in [2.75, 3.05) is 34.3 Å². The number of furan rings is 1. The van der Waals surface area contributed by atoms with E-state index >= 15 is 0 Å². The molecule has 0 saturated carbocycles. The number of aryl methyl sites for hydroxylation is 1. The van der Waals surface area contributed by atoms with Crippen molar-refractivity contribution < 1.29 is 33.0 Å². The molecule has 0 spiro atoms. The van der Waals surface area contributed by atoms with Gasteiger partial charge in [0, 0.05) is 17.4 Å². The van der Waals surface area contributed by atoms with Gasteiger partial charge in [-0.05, 0) is 30.7 Å². The van der Waals surface area contributed by atoms with Crippen molar-refractivity contribution in [3.05, 3.63) is 40.8 Å². The number of rotatable bonds is 6.